The number of rotatable bonds is 9. The summed E-state index contributed by atoms with van der Waals surface area (Å²) in [5, 5.41) is 9.88. The van der Waals surface area contributed by atoms with E-state index in [0.717, 1.165) is 37.7 Å². The van der Waals surface area contributed by atoms with Crippen LogP contribution in [0.25, 0.3) is 5.57 Å². The number of allylic oxidation sites excluding steroid dienone is 7. The molecule has 1 aliphatic carbocycles. The molecule has 29 heavy (non-hydrogen) atoms. The Balaban J connectivity index is 2.36. The predicted molar refractivity (Wildman–Crippen MR) is 119 cm³/mol. The minimum Gasteiger partial charge on any atom is -0.461 e. The second-order valence-electron chi connectivity index (χ2n) is 7.28. The Morgan fingerprint density at radius 2 is 1.97 bits per heavy atom. The van der Waals surface area contributed by atoms with Crippen LogP contribution in [0.5, 0.6) is 0 Å². The van der Waals surface area contributed by atoms with Gasteiger partial charge in [-0.2, -0.15) is 5.26 Å². The molecule has 2 rings (SSSR count). The van der Waals surface area contributed by atoms with E-state index < -0.39 is 5.97 Å². The summed E-state index contributed by atoms with van der Waals surface area (Å²) in [6, 6.07) is 11.8. The van der Waals surface area contributed by atoms with Crippen molar-refractivity contribution < 1.29 is 9.53 Å². The van der Waals surface area contributed by atoms with Gasteiger partial charge < -0.3 is 4.74 Å². The number of hydrogen-bond acceptors (Lipinski definition) is 3. The fraction of sp³-hybridized carbons (Fsp3) is 0.385. The molecule has 0 aliphatic heterocycles. The topological polar surface area (TPSA) is 50.1 Å². The fourth-order valence-electron chi connectivity index (χ4n) is 3.40. The molecule has 0 spiro atoms. The van der Waals surface area contributed by atoms with E-state index in [0.29, 0.717) is 18.1 Å². The summed E-state index contributed by atoms with van der Waals surface area (Å²) in [5.74, 6) is -0.349. The van der Waals surface area contributed by atoms with Crippen LogP contribution in [0.4, 0.5) is 0 Å². The number of esters is 1. The highest BCUT2D eigenvalue weighted by atomic mass is 16.5. The number of carbonyl (C=O) groups excluding carboxylic acids is 1. The number of nitriles is 1. The van der Waals surface area contributed by atoms with Gasteiger partial charge in [-0.05, 0) is 29.9 Å². The summed E-state index contributed by atoms with van der Waals surface area (Å²) in [4.78, 5) is 12.9. The Morgan fingerprint density at radius 1 is 1.17 bits per heavy atom. The van der Waals surface area contributed by atoms with Gasteiger partial charge in [0.1, 0.15) is 11.6 Å². The zero-order valence-corrected chi connectivity index (χ0v) is 17.5. The molecule has 0 saturated carbocycles. The molecule has 0 fully saturated rings. The Hall–Kier alpha value is -2.86. The molecule has 0 aromatic heterocycles. The van der Waals surface area contributed by atoms with Crippen LogP contribution in [0, 0.1) is 23.2 Å². The summed E-state index contributed by atoms with van der Waals surface area (Å²) in [5.41, 5.74) is 1.65. The number of ether oxygens (including phenoxy) is 1. The number of benzene rings is 1. The highest BCUT2D eigenvalue weighted by molar-refractivity contribution is 6.02. The molecule has 0 N–H and O–H groups in total. The number of nitrogens with zero attached hydrogens (tertiary/aromatic N) is 1. The lowest BCUT2D eigenvalue weighted by Gasteiger charge is -2.18. The van der Waals surface area contributed by atoms with Crippen LogP contribution in [0.3, 0.4) is 0 Å². The fourth-order valence-corrected chi connectivity index (χ4v) is 3.40. The van der Waals surface area contributed by atoms with E-state index in [1.807, 2.05) is 54.6 Å². The van der Waals surface area contributed by atoms with Gasteiger partial charge in [-0.1, -0.05) is 99.9 Å². The van der Waals surface area contributed by atoms with Crippen molar-refractivity contribution >= 4 is 11.5 Å². The molecule has 1 aromatic rings. The molecular weight excluding hydrogens is 358 g/mol. The smallest absolute Gasteiger partial charge is 0.349 e. The van der Waals surface area contributed by atoms with Crippen LogP contribution in [0.1, 0.15) is 51.5 Å². The van der Waals surface area contributed by atoms with Crippen molar-refractivity contribution in [2.45, 2.75) is 46.0 Å². The minimum absolute atomic E-state index is 0.0883. The maximum Gasteiger partial charge on any atom is 0.349 e. The number of hydrogen-bond donors (Lipinski definition) is 0. The first-order valence-corrected chi connectivity index (χ1v) is 10.6. The van der Waals surface area contributed by atoms with Crippen LogP contribution < -0.4 is 0 Å². The molecule has 1 aromatic carbocycles. The Bertz CT molecular complexity index is 809. The third kappa shape index (κ3) is 6.91. The average Bonchev–Trinajstić information content (AvgIpc) is 2.73. The number of carbonyl (C=O) groups is 1. The van der Waals surface area contributed by atoms with E-state index in [-0.39, 0.29) is 11.5 Å². The third-order valence-electron chi connectivity index (χ3n) is 5.18. The molecule has 0 radical (unpaired) electrons. The van der Waals surface area contributed by atoms with Gasteiger partial charge in [0.15, 0.2) is 0 Å². The Kier molecular flexibility index (Phi) is 9.72. The molecule has 152 valence electrons. The first kappa shape index (κ1) is 22.4. The van der Waals surface area contributed by atoms with Crippen LogP contribution in [-0.2, 0) is 9.53 Å². The minimum atomic E-state index is -0.527. The second kappa shape index (κ2) is 12.6. The largest absolute Gasteiger partial charge is 0.461 e. The standard InChI is InChI=1S/C26H31NO2/c1-3-5-14-21(4-2)20-29-26(28)24(19-27)25(23-17-12-9-13-18-23)22-15-10-7-6-8-11-16-22/h6-7,9-13,15-18,21-22H,3-5,8,14,20H2,1-2H3/b7-6-,15-10-,16-11?,25-24+. The van der Waals surface area contributed by atoms with Crippen molar-refractivity contribution in [2.24, 2.45) is 11.8 Å². The van der Waals surface area contributed by atoms with E-state index >= 15 is 0 Å². The number of unbranched alkanes of at least 4 members (excludes halogenated alkanes) is 1. The van der Waals surface area contributed by atoms with Crippen molar-refractivity contribution in [1.82, 2.24) is 0 Å². The van der Waals surface area contributed by atoms with E-state index in [2.05, 4.69) is 32.1 Å². The van der Waals surface area contributed by atoms with Crippen LogP contribution in [-0.4, -0.2) is 12.6 Å². The SMILES string of the molecule is CCCCC(CC)COC(=O)/C(C#N)=C(/c1ccccc1)C1C=CC/C=C\C=C/1. The average molecular weight is 390 g/mol. The maximum atomic E-state index is 12.9. The van der Waals surface area contributed by atoms with Crippen LogP contribution >= 0.6 is 0 Å². The molecule has 0 amide bonds. The monoisotopic (exact) mass is 389 g/mol. The van der Waals surface area contributed by atoms with Crippen molar-refractivity contribution in [3.05, 3.63) is 77.9 Å². The summed E-state index contributed by atoms with van der Waals surface area (Å²) in [6.45, 7) is 4.64. The molecule has 2 atom stereocenters. The Morgan fingerprint density at radius 3 is 2.66 bits per heavy atom. The van der Waals surface area contributed by atoms with Gasteiger partial charge in [0.05, 0.1) is 6.61 Å². The lowest BCUT2D eigenvalue weighted by atomic mass is 9.87. The van der Waals surface area contributed by atoms with Gasteiger partial charge in [-0.25, -0.2) is 4.79 Å². The lowest BCUT2D eigenvalue weighted by Crippen LogP contribution is -2.17. The van der Waals surface area contributed by atoms with E-state index in [1.165, 1.54) is 0 Å². The zero-order chi connectivity index (χ0) is 20.9. The summed E-state index contributed by atoms with van der Waals surface area (Å²) in [6.07, 6.45) is 17.2. The van der Waals surface area contributed by atoms with Gasteiger partial charge >= 0.3 is 5.97 Å². The van der Waals surface area contributed by atoms with E-state index in [4.69, 9.17) is 4.74 Å². The van der Waals surface area contributed by atoms with E-state index in [1.54, 1.807) is 0 Å². The van der Waals surface area contributed by atoms with Crippen molar-refractivity contribution in [3.8, 4) is 6.07 Å². The van der Waals surface area contributed by atoms with Crippen LogP contribution in [0.15, 0.2) is 72.4 Å². The van der Waals surface area contributed by atoms with Crippen molar-refractivity contribution in [2.75, 3.05) is 6.61 Å². The van der Waals surface area contributed by atoms with Gasteiger partial charge in [-0.15, -0.1) is 0 Å². The van der Waals surface area contributed by atoms with Gasteiger partial charge in [-0.3, -0.25) is 0 Å². The molecule has 3 heteroatoms. The van der Waals surface area contributed by atoms with Crippen molar-refractivity contribution in [1.29, 1.82) is 5.26 Å². The normalized spacial score (nSPS) is 19.8. The first-order valence-electron chi connectivity index (χ1n) is 10.6. The molecule has 2 unspecified atom stereocenters. The summed E-state index contributed by atoms with van der Waals surface area (Å²) >= 11 is 0. The summed E-state index contributed by atoms with van der Waals surface area (Å²) < 4.78 is 5.61. The van der Waals surface area contributed by atoms with Crippen molar-refractivity contribution in [3.63, 3.8) is 0 Å². The van der Waals surface area contributed by atoms with Gasteiger partial charge in [0, 0.05) is 5.92 Å². The molecule has 3 nitrogen and oxygen atoms in total. The third-order valence-corrected chi connectivity index (χ3v) is 5.18. The highest BCUT2D eigenvalue weighted by Crippen LogP contribution is 2.31. The zero-order valence-electron chi connectivity index (χ0n) is 17.5. The molecule has 0 saturated heterocycles. The highest BCUT2D eigenvalue weighted by Gasteiger charge is 2.23. The molecule has 1 aliphatic rings. The maximum absolute atomic E-state index is 12.9. The van der Waals surface area contributed by atoms with E-state index in [9.17, 15) is 10.1 Å². The second-order valence-corrected chi connectivity index (χ2v) is 7.28. The molecular formula is C26H31NO2. The molecule has 0 bridgehead atoms. The lowest BCUT2D eigenvalue weighted by molar-refractivity contribution is -0.139. The van der Waals surface area contributed by atoms with Gasteiger partial charge in [0.25, 0.3) is 0 Å². The Labute approximate surface area is 175 Å². The van der Waals surface area contributed by atoms with Gasteiger partial charge in [0.2, 0.25) is 0 Å². The molecule has 0 heterocycles. The first-order chi connectivity index (χ1) is 14.2. The summed E-state index contributed by atoms with van der Waals surface area (Å²) in [7, 11) is 0. The van der Waals surface area contributed by atoms with Crippen LogP contribution in [0.2, 0.25) is 0 Å². The predicted octanol–water partition coefficient (Wildman–Crippen LogP) is 6.41. The quantitative estimate of drug-likeness (QED) is 0.212.